The average Bonchev–Trinajstić information content (AvgIpc) is 3.61. The number of aliphatic hydroxyl groups is 1. The maximum Gasteiger partial charge on any atom is 0.209 e. The van der Waals surface area contributed by atoms with Gasteiger partial charge in [0.1, 0.15) is 17.7 Å². The van der Waals surface area contributed by atoms with Crippen molar-refractivity contribution in [2.24, 2.45) is 5.92 Å². The van der Waals surface area contributed by atoms with Crippen LogP contribution < -0.4 is 10.0 Å². The summed E-state index contributed by atoms with van der Waals surface area (Å²) in [4.78, 5) is 7.84. The van der Waals surface area contributed by atoms with Gasteiger partial charge in [-0.2, -0.15) is 5.10 Å². The fraction of sp³-hybridized carbons (Fsp3) is 0.188. The quantitative estimate of drug-likeness (QED) is 0.135. The highest BCUT2D eigenvalue weighted by atomic mass is 32.2. The Bertz CT molecular complexity index is 2100. The number of nitrogens with zero attached hydrogens (tertiary/aromatic N) is 2. The number of anilines is 1. The minimum absolute atomic E-state index is 0.00482. The van der Waals surface area contributed by atoms with Crippen LogP contribution in [-0.2, 0) is 16.6 Å². The van der Waals surface area contributed by atoms with E-state index in [2.05, 4.69) is 36.3 Å². The number of aromatic nitrogens is 4. The largest absolute Gasteiger partial charge is 0.374 e. The molecule has 0 radical (unpaired) electrons. The van der Waals surface area contributed by atoms with Crippen LogP contribution in [0.15, 0.2) is 79.1 Å². The standard InChI is InChI=1S/C32H29FN6O3S/c1-43(41,42)35-15-18-9-21(11-23(33)10-18)25-3-2-4-28-26(25)14-30(37-28)31-27-13-20(7-8-29(27)38-39-31)22-12-24(17-34-16-22)36-32(40)19-5-6-19/h2-4,7-14,16-17,19,32,35-37,40H,5-6,15H2,1H3,(H,38,39). The lowest BCUT2D eigenvalue weighted by Crippen LogP contribution is -2.21. The molecular weight excluding hydrogens is 567 g/mol. The van der Waals surface area contributed by atoms with E-state index in [1.807, 2.05) is 42.5 Å². The van der Waals surface area contributed by atoms with Gasteiger partial charge in [-0.05, 0) is 83.6 Å². The van der Waals surface area contributed by atoms with Gasteiger partial charge in [0.2, 0.25) is 10.0 Å². The maximum atomic E-state index is 14.6. The molecule has 5 N–H and O–H groups in total. The summed E-state index contributed by atoms with van der Waals surface area (Å²) < 4.78 is 40.2. The normalized spacial score (nSPS) is 14.4. The summed E-state index contributed by atoms with van der Waals surface area (Å²) in [6.07, 6.45) is 6.07. The molecule has 1 aliphatic rings. The van der Waals surface area contributed by atoms with Crippen molar-refractivity contribution in [3.05, 3.63) is 90.5 Å². The molecule has 7 rings (SSSR count). The molecule has 11 heteroatoms. The molecule has 0 bridgehead atoms. The van der Waals surface area contributed by atoms with Crippen LogP contribution in [0.3, 0.4) is 0 Å². The van der Waals surface area contributed by atoms with Crippen molar-refractivity contribution in [1.82, 2.24) is 24.9 Å². The molecule has 6 aromatic rings. The van der Waals surface area contributed by atoms with Gasteiger partial charge in [-0.15, -0.1) is 0 Å². The summed E-state index contributed by atoms with van der Waals surface area (Å²) in [6.45, 7) is -0.00482. The number of aliphatic hydroxyl groups excluding tert-OH is 1. The van der Waals surface area contributed by atoms with Crippen molar-refractivity contribution in [2.75, 3.05) is 11.6 Å². The van der Waals surface area contributed by atoms with Crippen molar-refractivity contribution in [3.63, 3.8) is 0 Å². The molecule has 1 aliphatic carbocycles. The molecule has 0 spiro atoms. The van der Waals surface area contributed by atoms with Gasteiger partial charge in [-0.1, -0.05) is 18.2 Å². The molecule has 3 aromatic heterocycles. The molecule has 43 heavy (non-hydrogen) atoms. The summed E-state index contributed by atoms with van der Waals surface area (Å²) in [7, 11) is -3.42. The number of hydrogen-bond donors (Lipinski definition) is 5. The SMILES string of the molecule is CS(=O)(=O)NCc1cc(F)cc(-c2cccc3[nH]c(-c4n[nH]c5ccc(-c6cncc(NC(O)C7CC7)c6)cc45)cc23)c1. The van der Waals surface area contributed by atoms with Crippen molar-refractivity contribution >= 4 is 37.5 Å². The molecule has 3 heterocycles. The van der Waals surface area contributed by atoms with Crippen LogP contribution in [-0.4, -0.2) is 46.2 Å². The van der Waals surface area contributed by atoms with Crippen LogP contribution in [0, 0.1) is 11.7 Å². The number of fused-ring (bicyclic) bond motifs is 2. The van der Waals surface area contributed by atoms with Crippen LogP contribution >= 0.6 is 0 Å². The number of nitrogens with one attached hydrogen (secondary N) is 4. The Morgan fingerprint density at radius 1 is 0.977 bits per heavy atom. The van der Waals surface area contributed by atoms with Gasteiger partial charge in [0.25, 0.3) is 0 Å². The lowest BCUT2D eigenvalue weighted by molar-refractivity contribution is 0.180. The molecule has 0 amide bonds. The maximum absolute atomic E-state index is 14.6. The summed E-state index contributed by atoms with van der Waals surface area (Å²) in [6, 6.07) is 20.4. The van der Waals surface area contributed by atoms with E-state index in [9.17, 15) is 17.9 Å². The Labute approximate surface area is 247 Å². The molecule has 0 saturated heterocycles. The van der Waals surface area contributed by atoms with Crippen LogP contribution in [0.25, 0.3) is 55.4 Å². The average molecular weight is 597 g/mol. The summed E-state index contributed by atoms with van der Waals surface area (Å²) in [5.74, 6) is -0.151. The van der Waals surface area contributed by atoms with E-state index in [-0.39, 0.29) is 6.54 Å². The first kappa shape index (κ1) is 27.3. The fourth-order valence-electron chi connectivity index (χ4n) is 5.43. The van der Waals surface area contributed by atoms with Gasteiger partial charge in [-0.25, -0.2) is 17.5 Å². The second-order valence-corrected chi connectivity index (χ2v) is 12.9. The van der Waals surface area contributed by atoms with Gasteiger partial charge < -0.3 is 15.4 Å². The lowest BCUT2D eigenvalue weighted by Gasteiger charge is -2.13. The van der Waals surface area contributed by atoms with Gasteiger partial charge in [-0.3, -0.25) is 10.1 Å². The third-order valence-electron chi connectivity index (χ3n) is 7.74. The second-order valence-electron chi connectivity index (χ2n) is 11.1. The van der Waals surface area contributed by atoms with Gasteiger partial charge in [0.05, 0.1) is 29.4 Å². The summed E-state index contributed by atoms with van der Waals surface area (Å²) >= 11 is 0. The number of pyridine rings is 1. The van der Waals surface area contributed by atoms with Gasteiger partial charge in [0, 0.05) is 40.5 Å². The third kappa shape index (κ3) is 5.74. The van der Waals surface area contributed by atoms with Gasteiger partial charge in [0.15, 0.2) is 0 Å². The van der Waals surface area contributed by atoms with Crippen molar-refractivity contribution < 1.29 is 17.9 Å². The first-order valence-corrected chi connectivity index (χ1v) is 15.8. The first-order chi connectivity index (χ1) is 20.7. The Kier molecular flexibility index (Phi) is 6.72. The van der Waals surface area contributed by atoms with Crippen LogP contribution in [0.4, 0.5) is 10.1 Å². The number of H-pyrrole nitrogens is 2. The lowest BCUT2D eigenvalue weighted by atomic mass is 9.99. The highest BCUT2D eigenvalue weighted by Gasteiger charge is 2.29. The monoisotopic (exact) mass is 596 g/mol. The molecule has 3 aromatic carbocycles. The van der Waals surface area contributed by atoms with Gasteiger partial charge >= 0.3 is 0 Å². The van der Waals surface area contributed by atoms with Crippen LogP contribution in [0.1, 0.15) is 18.4 Å². The summed E-state index contributed by atoms with van der Waals surface area (Å²) in [5, 5.41) is 23.0. The van der Waals surface area contributed by atoms with Crippen molar-refractivity contribution in [2.45, 2.75) is 25.6 Å². The first-order valence-electron chi connectivity index (χ1n) is 13.9. The number of benzene rings is 3. The number of halogens is 1. The topological polar surface area (TPSA) is 136 Å². The minimum atomic E-state index is -3.42. The zero-order valence-electron chi connectivity index (χ0n) is 23.2. The Hall–Kier alpha value is -4.58. The van der Waals surface area contributed by atoms with Crippen LogP contribution in [0.5, 0.6) is 0 Å². The highest BCUT2D eigenvalue weighted by molar-refractivity contribution is 7.88. The molecule has 218 valence electrons. The smallest absolute Gasteiger partial charge is 0.209 e. The minimum Gasteiger partial charge on any atom is -0.374 e. The van der Waals surface area contributed by atoms with E-state index in [4.69, 9.17) is 0 Å². The van der Waals surface area contributed by atoms with E-state index in [0.717, 1.165) is 74.7 Å². The Balaban J connectivity index is 1.24. The number of sulfonamides is 1. The van der Waals surface area contributed by atoms with E-state index < -0.39 is 22.1 Å². The summed E-state index contributed by atoms with van der Waals surface area (Å²) in [5.41, 5.74) is 7.87. The third-order valence-corrected chi connectivity index (χ3v) is 8.41. The van der Waals surface area contributed by atoms with Crippen molar-refractivity contribution in [1.29, 1.82) is 0 Å². The highest BCUT2D eigenvalue weighted by Crippen LogP contribution is 2.37. The predicted octanol–water partition coefficient (Wildman–Crippen LogP) is 5.77. The molecule has 0 aliphatic heterocycles. The molecule has 1 saturated carbocycles. The van der Waals surface area contributed by atoms with E-state index in [0.29, 0.717) is 17.0 Å². The van der Waals surface area contributed by atoms with Crippen LogP contribution in [0.2, 0.25) is 0 Å². The molecule has 1 unspecified atom stereocenters. The van der Waals surface area contributed by atoms with E-state index in [1.165, 1.54) is 12.1 Å². The van der Waals surface area contributed by atoms with Crippen molar-refractivity contribution in [3.8, 4) is 33.6 Å². The number of rotatable bonds is 9. The molecule has 1 fully saturated rings. The molecule has 1 atom stereocenters. The van der Waals surface area contributed by atoms with E-state index >= 15 is 0 Å². The molecular formula is C32H29FN6O3S. The number of aromatic amines is 2. The zero-order valence-corrected chi connectivity index (χ0v) is 24.0. The van der Waals surface area contributed by atoms with E-state index in [1.54, 1.807) is 18.5 Å². The zero-order chi connectivity index (χ0) is 29.7. The predicted molar refractivity (Wildman–Crippen MR) is 166 cm³/mol. The molecule has 9 nitrogen and oxygen atoms in total. The fourth-order valence-corrected chi connectivity index (χ4v) is 5.86. The number of hydrogen-bond acceptors (Lipinski definition) is 6. The Morgan fingerprint density at radius 2 is 1.84 bits per heavy atom. The Morgan fingerprint density at radius 3 is 2.65 bits per heavy atom. The second kappa shape index (κ2) is 10.6.